The monoisotopic (exact) mass is 432 g/mol. The van der Waals surface area contributed by atoms with E-state index in [1.165, 1.54) is 4.90 Å². The first-order chi connectivity index (χ1) is 15.0. The van der Waals surface area contributed by atoms with Crippen LogP contribution in [-0.4, -0.2) is 25.5 Å². The standard InChI is InChI=1S/C25H21ClN2O3/c1-3-31-21-15-13-20(14-16-21)28-24(29)22(17-9-11-18(26)12-10-17)23(25(28)30)27(2)19-7-5-4-6-8-19/h4-16H,3H2,1-2H3. The van der Waals surface area contributed by atoms with E-state index < -0.39 is 0 Å². The molecule has 0 spiro atoms. The van der Waals surface area contributed by atoms with Gasteiger partial charge >= 0.3 is 0 Å². The number of halogens is 1. The number of ether oxygens (including phenoxy) is 1. The predicted molar refractivity (Wildman–Crippen MR) is 123 cm³/mol. The Balaban J connectivity index is 1.81. The summed E-state index contributed by atoms with van der Waals surface area (Å²) in [5, 5.41) is 0.558. The van der Waals surface area contributed by atoms with Gasteiger partial charge in [0.2, 0.25) is 0 Å². The summed E-state index contributed by atoms with van der Waals surface area (Å²) in [5.74, 6) is -0.0856. The molecule has 0 bridgehead atoms. The van der Waals surface area contributed by atoms with Crippen molar-refractivity contribution < 1.29 is 14.3 Å². The van der Waals surface area contributed by atoms with Crippen LogP contribution in [0.3, 0.4) is 0 Å². The summed E-state index contributed by atoms with van der Waals surface area (Å²) in [7, 11) is 1.79. The quantitative estimate of drug-likeness (QED) is 0.505. The average molecular weight is 433 g/mol. The second-order valence-corrected chi connectivity index (χ2v) is 7.43. The lowest BCUT2D eigenvalue weighted by Crippen LogP contribution is -2.34. The van der Waals surface area contributed by atoms with Crippen LogP contribution in [0.25, 0.3) is 5.57 Å². The Bertz CT molecular complexity index is 1140. The molecule has 5 nitrogen and oxygen atoms in total. The first kappa shape index (κ1) is 20.7. The fourth-order valence-corrected chi connectivity index (χ4v) is 3.71. The summed E-state index contributed by atoms with van der Waals surface area (Å²) in [6, 6.07) is 23.3. The Morgan fingerprint density at radius 3 is 2.13 bits per heavy atom. The minimum Gasteiger partial charge on any atom is -0.494 e. The van der Waals surface area contributed by atoms with Gasteiger partial charge in [0.1, 0.15) is 11.4 Å². The van der Waals surface area contributed by atoms with Crippen LogP contribution in [0.2, 0.25) is 5.02 Å². The van der Waals surface area contributed by atoms with Gasteiger partial charge in [0.25, 0.3) is 11.8 Å². The van der Waals surface area contributed by atoms with Crippen LogP contribution in [0.1, 0.15) is 12.5 Å². The maximum absolute atomic E-state index is 13.5. The number of carbonyl (C=O) groups excluding carboxylic acids is 2. The topological polar surface area (TPSA) is 49.9 Å². The Labute approximate surface area is 186 Å². The van der Waals surface area contributed by atoms with Gasteiger partial charge < -0.3 is 9.64 Å². The van der Waals surface area contributed by atoms with Crippen LogP contribution in [0.15, 0.2) is 84.6 Å². The van der Waals surface area contributed by atoms with Crippen molar-refractivity contribution in [2.45, 2.75) is 6.92 Å². The zero-order valence-corrected chi connectivity index (χ0v) is 18.0. The van der Waals surface area contributed by atoms with Crippen LogP contribution in [0.4, 0.5) is 11.4 Å². The number of anilines is 2. The molecule has 1 heterocycles. The number of imide groups is 1. The maximum Gasteiger partial charge on any atom is 0.282 e. The third-order valence-corrected chi connectivity index (χ3v) is 5.33. The highest BCUT2D eigenvalue weighted by Gasteiger charge is 2.42. The van der Waals surface area contributed by atoms with E-state index in [2.05, 4.69) is 0 Å². The third kappa shape index (κ3) is 3.92. The van der Waals surface area contributed by atoms with Gasteiger partial charge in [-0.1, -0.05) is 41.9 Å². The number of amides is 2. The first-order valence-corrected chi connectivity index (χ1v) is 10.3. The molecule has 0 unspecified atom stereocenters. The zero-order chi connectivity index (χ0) is 22.0. The van der Waals surface area contributed by atoms with E-state index in [4.69, 9.17) is 16.3 Å². The molecule has 0 saturated heterocycles. The minimum atomic E-state index is -0.384. The number of rotatable bonds is 6. The first-order valence-electron chi connectivity index (χ1n) is 9.92. The summed E-state index contributed by atoms with van der Waals surface area (Å²) in [6.07, 6.45) is 0. The SMILES string of the molecule is CCOc1ccc(N2C(=O)C(c3ccc(Cl)cc3)=C(N(C)c3ccccc3)C2=O)cc1. The number of likely N-dealkylation sites (N-methyl/N-ethyl adjacent to an activating group) is 1. The van der Waals surface area contributed by atoms with Gasteiger partial charge in [-0.2, -0.15) is 0 Å². The maximum atomic E-state index is 13.5. The van der Waals surface area contributed by atoms with E-state index in [-0.39, 0.29) is 11.8 Å². The van der Waals surface area contributed by atoms with Crippen molar-refractivity contribution in [3.63, 3.8) is 0 Å². The summed E-state index contributed by atoms with van der Waals surface area (Å²) in [6.45, 7) is 2.44. The predicted octanol–water partition coefficient (Wildman–Crippen LogP) is 5.16. The molecule has 1 aliphatic rings. The largest absolute Gasteiger partial charge is 0.494 e. The van der Waals surface area contributed by atoms with Crippen LogP contribution >= 0.6 is 11.6 Å². The molecular weight excluding hydrogens is 412 g/mol. The van der Waals surface area contributed by atoms with Crippen molar-refractivity contribution in [2.24, 2.45) is 0 Å². The van der Waals surface area contributed by atoms with E-state index in [9.17, 15) is 9.59 Å². The molecule has 0 radical (unpaired) electrons. The van der Waals surface area contributed by atoms with Gasteiger partial charge in [-0.15, -0.1) is 0 Å². The van der Waals surface area contributed by atoms with Crippen LogP contribution in [0, 0.1) is 0 Å². The third-order valence-electron chi connectivity index (χ3n) is 5.08. The Kier molecular flexibility index (Phi) is 5.78. The van der Waals surface area contributed by atoms with Gasteiger partial charge in [0.05, 0.1) is 17.9 Å². The highest BCUT2D eigenvalue weighted by atomic mass is 35.5. The minimum absolute atomic E-state index is 0.312. The van der Waals surface area contributed by atoms with Crippen molar-refractivity contribution in [1.29, 1.82) is 0 Å². The van der Waals surface area contributed by atoms with E-state index in [1.54, 1.807) is 60.5 Å². The normalized spacial score (nSPS) is 13.7. The van der Waals surface area contributed by atoms with Crippen LogP contribution in [0.5, 0.6) is 5.75 Å². The van der Waals surface area contributed by atoms with Gasteiger partial charge in [0, 0.05) is 17.8 Å². The number of para-hydroxylation sites is 1. The van der Waals surface area contributed by atoms with Gasteiger partial charge in [0.15, 0.2) is 0 Å². The summed E-state index contributed by atoms with van der Waals surface area (Å²) < 4.78 is 5.48. The fourth-order valence-electron chi connectivity index (χ4n) is 3.58. The summed E-state index contributed by atoms with van der Waals surface area (Å²) >= 11 is 6.04. The molecule has 3 aromatic rings. The molecule has 4 rings (SSSR count). The lowest BCUT2D eigenvalue weighted by Gasteiger charge is -2.21. The molecule has 0 aliphatic carbocycles. The zero-order valence-electron chi connectivity index (χ0n) is 17.2. The van der Waals surface area contributed by atoms with Crippen molar-refractivity contribution in [2.75, 3.05) is 23.5 Å². The van der Waals surface area contributed by atoms with Crippen LogP contribution in [-0.2, 0) is 9.59 Å². The van der Waals surface area contributed by atoms with Crippen LogP contribution < -0.4 is 14.5 Å². The molecule has 0 saturated carbocycles. The summed E-state index contributed by atoms with van der Waals surface area (Å²) in [5.41, 5.74) is 2.57. The number of hydrogen-bond donors (Lipinski definition) is 0. The van der Waals surface area contributed by atoms with Gasteiger partial charge in [-0.3, -0.25) is 9.59 Å². The van der Waals surface area contributed by atoms with E-state index in [1.807, 2.05) is 37.3 Å². The molecule has 6 heteroatoms. The smallest absolute Gasteiger partial charge is 0.282 e. The van der Waals surface area contributed by atoms with Gasteiger partial charge in [-0.05, 0) is 61.0 Å². The molecule has 2 amide bonds. The number of benzene rings is 3. The van der Waals surface area contributed by atoms with E-state index >= 15 is 0 Å². The second-order valence-electron chi connectivity index (χ2n) is 7.00. The number of hydrogen-bond acceptors (Lipinski definition) is 4. The number of nitrogens with zero attached hydrogens (tertiary/aromatic N) is 2. The Morgan fingerprint density at radius 1 is 0.871 bits per heavy atom. The van der Waals surface area contributed by atoms with Crippen molar-refractivity contribution in [3.8, 4) is 5.75 Å². The molecule has 0 fully saturated rings. The van der Waals surface area contributed by atoms with Crippen molar-refractivity contribution in [3.05, 3.63) is 95.1 Å². The molecule has 0 aromatic heterocycles. The molecular formula is C25H21ClN2O3. The molecule has 1 aliphatic heterocycles. The summed E-state index contributed by atoms with van der Waals surface area (Å²) in [4.78, 5) is 30.0. The Hall–Kier alpha value is -3.57. The molecule has 156 valence electrons. The number of carbonyl (C=O) groups is 2. The molecule has 31 heavy (non-hydrogen) atoms. The fraction of sp³-hybridized carbons (Fsp3) is 0.120. The molecule has 0 N–H and O–H groups in total. The molecule has 0 atom stereocenters. The highest BCUT2D eigenvalue weighted by molar-refractivity contribution is 6.46. The lowest BCUT2D eigenvalue weighted by molar-refractivity contribution is -0.120. The molecule has 3 aromatic carbocycles. The average Bonchev–Trinajstić information content (AvgIpc) is 3.05. The Morgan fingerprint density at radius 2 is 1.52 bits per heavy atom. The highest BCUT2D eigenvalue weighted by Crippen LogP contribution is 2.36. The lowest BCUT2D eigenvalue weighted by atomic mass is 10.0. The van der Waals surface area contributed by atoms with Gasteiger partial charge in [-0.25, -0.2) is 4.90 Å². The van der Waals surface area contributed by atoms with Crippen molar-refractivity contribution >= 4 is 40.4 Å². The second kappa shape index (κ2) is 8.66. The van der Waals surface area contributed by atoms with E-state index in [0.717, 1.165) is 5.69 Å². The van der Waals surface area contributed by atoms with E-state index in [0.29, 0.717) is 39.9 Å². The van der Waals surface area contributed by atoms with Crippen molar-refractivity contribution in [1.82, 2.24) is 0 Å².